The maximum Gasteiger partial charge on any atom is 0.418 e. The van der Waals surface area contributed by atoms with Gasteiger partial charge < -0.3 is 19.5 Å². The molecule has 3 aromatic rings. The minimum Gasteiger partial charge on any atom is -0.394 e. The molecule has 2 aliphatic heterocycles. The van der Waals surface area contributed by atoms with Gasteiger partial charge in [0, 0.05) is 18.7 Å². The number of rotatable bonds is 3. The first-order valence-corrected chi connectivity index (χ1v) is 15.2. The second-order valence-corrected chi connectivity index (χ2v) is 12.5. The molecule has 0 saturated carbocycles. The SMILES string of the molecule is CC1(C)O[C@@H](CO)[C@H](CN2CCCCCc3ccccc3-c3nc(ccc3C(F)(F)F)NS(=O)(=O)c3cccc2n3)O1. The Morgan fingerprint density at radius 2 is 1.76 bits per heavy atom. The van der Waals surface area contributed by atoms with Crippen LogP contribution in [0.3, 0.4) is 0 Å². The Kier molecular flexibility index (Phi) is 8.48. The van der Waals surface area contributed by atoms with Gasteiger partial charge in [-0.25, -0.2) is 9.97 Å². The van der Waals surface area contributed by atoms with Crippen molar-refractivity contribution in [3.8, 4) is 11.3 Å². The zero-order valence-electron chi connectivity index (χ0n) is 23.3. The quantitative estimate of drug-likeness (QED) is 0.428. The second-order valence-electron chi connectivity index (χ2n) is 10.8. The van der Waals surface area contributed by atoms with Crippen LogP contribution in [0.4, 0.5) is 24.8 Å². The number of sulfonamides is 1. The molecule has 2 atom stereocenters. The fraction of sp³-hybridized carbons (Fsp3) is 0.448. The molecule has 0 spiro atoms. The lowest BCUT2D eigenvalue weighted by molar-refractivity contribution is -0.148. The maximum atomic E-state index is 14.0. The van der Waals surface area contributed by atoms with Gasteiger partial charge in [-0.1, -0.05) is 36.8 Å². The summed E-state index contributed by atoms with van der Waals surface area (Å²) in [5.41, 5.74) is -0.290. The highest BCUT2D eigenvalue weighted by Gasteiger charge is 2.42. The van der Waals surface area contributed by atoms with Crippen LogP contribution in [-0.4, -0.2) is 61.2 Å². The van der Waals surface area contributed by atoms with E-state index in [4.69, 9.17) is 9.47 Å². The van der Waals surface area contributed by atoms with E-state index >= 15 is 0 Å². The molecule has 42 heavy (non-hydrogen) atoms. The summed E-state index contributed by atoms with van der Waals surface area (Å²) in [6, 6.07) is 13.1. The fourth-order valence-corrected chi connectivity index (χ4v) is 6.33. The van der Waals surface area contributed by atoms with Gasteiger partial charge in [0.1, 0.15) is 23.8 Å². The summed E-state index contributed by atoms with van der Waals surface area (Å²) in [5, 5.41) is 9.55. The van der Waals surface area contributed by atoms with E-state index in [-0.39, 0.29) is 23.1 Å². The van der Waals surface area contributed by atoms with Crippen LogP contribution in [0.5, 0.6) is 0 Å². The lowest BCUT2D eigenvalue weighted by atomic mass is 9.96. The van der Waals surface area contributed by atoms with Gasteiger partial charge >= 0.3 is 6.18 Å². The van der Waals surface area contributed by atoms with E-state index in [9.17, 15) is 26.7 Å². The van der Waals surface area contributed by atoms with Gasteiger partial charge in [-0.05, 0) is 62.9 Å². The van der Waals surface area contributed by atoms with Crippen molar-refractivity contribution < 1.29 is 36.2 Å². The van der Waals surface area contributed by atoms with Gasteiger partial charge in [-0.2, -0.15) is 21.6 Å². The summed E-state index contributed by atoms with van der Waals surface area (Å²) < 4.78 is 83.0. The normalized spacial score (nSPS) is 22.3. The molecule has 4 heterocycles. The van der Waals surface area contributed by atoms with E-state index in [1.807, 2.05) is 4.90 Å². The molecule has 13 heteroatoms. The number of pyridine rings is 2. The Morgan fingerprint density at radius 3 is 2.52 bits per heavy atom. The first-order valence-electron chi connectivity index (χ1n) is 13.7. The molecule has 2 N–H and O–H groups in total. The molecule has 1 fully saturated rings. The Hall–Kier alpha value is -3.26. The highest BCUT2D eigenvalue weighted by Crippen LogP contribution is 2.38. The van der Waals surface area contributed by atoms with Gasteiger partial charge in [-0.3, -0.25) is 4.72 Å². The third-order valence-corrected chi connectivity index (χ3v) is 8.52. The average Bonchev–Trinajstić information content (AvgIpc) is 3.24. The smallest absolute Gasteiger partial charge is 0.394 e. The molecular formula is C29H33F3N4O5S. The molecule has 0 radical (unpaired) electrons. The number of hydrogen-bond acceptors (Lipinski definition) is 8. The molecule has 9 nitrogen and oxygen atoms in total. The fourth-order valence-electron chi connectivity index (χ4n) is 5.37. The largest absolute Gasteiger partial charge is 0.418 e. The summed E-state index contributed by atoms with van der Waals surface area (Å²) in [4.78, 5) is 10.5. The van der Waals surface area contributed by atoms with E-state index < -0.39 is 39.8 Å². The third kappa shape index (κ3) is 6.69. The van der Waals surface area contributed by atoms with Crippen LogP contribution in [0, 0.1) is 0 Å². The Balaban J connectivity index is 1.55. The number of ether oxygens (including phenoxy) is 2. The highest BCUT2D eigenvalue weighted by atomic mass is 32.2. The predicted octanol–water partition coefficient (Wildman–Crippen LogP) is 5.01. The molecule has 4 bridgehead atoms. The van der Waals surface area contributed by atoms with Crippen molar-refractivity contribution in [2.24, 2.45) is 0 Å². The van der Waals surface area contributed by atoms with Crippen molar-refractivity contribution >= 4 is 21.7 Å². The first-order chi connectivity index (χ1) is 19.9. The number of fused-ring (bicyclic) bond motifs is 6. The van der Waals surface area contributed by atoms with Crippen molar-refractivity contribution in [2.75, 3.05) is 29.3 Å². The van der Waals surface area contributed by atoms with E-state index in [2.05, 4.69) is 14.7 Å². The topological polar surface area (TPSA) is 114 Å². The zero-order valence-corrected chi connectivity index (χ0v) is 24.1. The van der Waals surface area contributed by atoms with E-state index in [0.717, 1.165) is 18.6 Å². The average molecular weight is 607 g/mol. The molecule has 2 aromatic heterocycles. The monoisotopic (exact) mass is 606 g/mol. The second kappa shape index (κ2) is 11.8. The number of benzene rings is 1. The summed E-state index contributed by atoms with van der Waals surface area (Å²) in [6.07, 6.45) is -3.07. The van der Waals surface area contributed by atoms with Gasteiger partial charge in [0.25, 0.3) is 10.0 Å². The van der Waals surface area contributed by atoms with Crippen molar-refractivity contribution in [3.05, 3.63) is 65.7 Å². The van der Waals surface area contributed by atoms with Crippen molar-refractivity contribution in [3.63, 3.8) is 0 Å². The van der Waals surface area contributed by atoms with Crippen LogP contribution in [0.15, 0.2) is 59.6 Å². The van der Waals surface area contributed by atoms with Crippen LogP contribution in [0.1, 0.15) is 44.2 Å². The van der Waals surface area contributed by atoms with Crippen molar-refractivity contribution in [1.29, 1.82) is 0 Å². The Morgan fingerprint density at radius 1 is 1.00 bits per heavy atom. The minimum absolute atomic E-state index is 0.241. The Labute approximate surface area is 242 Å². The third-order valence-electron chi connectivity index (χ3n) is 7.26. The molecule has 0 unspecified atom stereocenters. The van der Waals surface area contributed by atoms with E-state index in [1.54, 1.807) is 50.2 Å². The van der Waals surface area contributed by atoms with Gasteiger partial charge in [0.15, 0.2) is 10.8 Å². The number of alkyl halides is 3. The molecule has 5 rings (SSSR count). The Bertz CT molecular complexity index is 1530. The number of anilines is 2. The molecule has 1 saturated heterocycles. The number of aliphatic hydroxyl groups excluding tert-OH is 1. The van der Waals surface area contributed by atoms with Gasteiger partial charge in [-0.15, -0.1) is 0 Å². The first kappa shape index (κ1) is 30.2. The van der Waals surface area contributed by atoms with Gasteiger partial charge in [0.2, 0.25) is 0 Å². The van der Waals surface area contributed by atoms with Crippen LogP contribution in [0.25, 0.3) is 11.3 Å². The van der Waals surface area contributed by atoms with Crippen molar-refractivity contribution in [1.82, 2.24) is 9.97 Å². The summed E-state index contributed by atoms with van der Waals surface area (Å²) in [7, 11) is -4.32. The molecule has 226 valence electrons. The standard InChI is InChI=1S/C29H33F3N4O5S/c1-28(2)40-22(23(18-37)41-28)17-36-16-7-3-4-9-19-10-5-6-11-20(19)27-21(29(30,31)32)14-15-24(33-27)35-42(38,39)26-13-8-12-25(36)34-26/h5-6,8,10-15,22-23,37H,3-4,7,9,16-18H2,1-2H3,(H,33,35)/t22-,23-/m0/s1. The van der Waals surface area contributed by atoms with Crippen LogP contribution < -0.4 is 9.62 Å². The molecule has 0 aliphatic carbocycles. The maximum absolute atomic E-state index is 14.0. The van der Waals surface area contributed by atoms with E-state index in [1.165, 1.54) is 6.07 Å². The van der Waals surface area contributed by atoms with Gasteiger partial charge in [0.05, 0.1) is 17.9 Å². The lowest BCUT2D eigenvalue weighted by Gasteiger charge is -2.28. The molecular weight excluding hydrogens is 573 g/mol. The number of halogens is 3. The van der Waals surface area contributed by atoms with Crippen LogP contribution >= 0.6 is 0 Å². The van der Waals surface area contributed by atoms with E-state index in [0.29, 0.717) is 49.3 Å². The molecule has 1 aromatic carbocycles. The number of aliphatic hydroxyl groups is 1. The molecule has 2 aliphatic rings. The van der Waals surface area contributed by atoms with Crippen molar-refractivity contribution in [2.45, 2.75) is 68.7 Å². The van der Waals surface area contributed by atoms with Crippen LogP contribution in [0.2, 0.25) is 0 Å². The summed E-state index contributed by atoms with van der Waals surface area (Å²) in [5.74, 6) is -0.768. The number of hydrogen-bond donors (Lipinski definition) is 2. The molecule has 0 amide bonds. The zero-order chi connectivity index (χ0) is 30.1. The number of nitrogens with zero attached hydrogens (tertiary/aromatic N) is 3. The minimum atomic E-state index is -4.69. The summed E-state index contributed by atoms with van der Waals surface area (Å²) in [6.45, 7) is 4.09. The number of nitrogens with one attached hydrogen (secondary N) is 1. The van der Waals surface area contributed by atoms with Crippen LogP contribution in [-0.2, 0) is 32.1 Å². The summed E-state index contributed by atoms with van der Waals surface area (Å²) >= 11 is 0. The number of aromatic nitrogens is 2. The number of aryl methyl sites for hydroxylation is 1. The highest BCUT2D eigenvalue weighted by molar-refractivity contribution is 7.92. The lowest BCUT2D eigenvalue weighted by Crippen LogP contribution is -2.40. The predicted molar refractivity (Wildman–Crippen MR) is 150 cm³/mol.